The molecule has 0 fully saturated rings. The topological polar surface area (TPSA) is 24.4 Å². The van der Waals surface area contributed by atoms with Crippen LogP contribution >= 0.6 is 11.6 Å². The zero-order valence-corrected chi connectivity index (χ0v) is 4.24. The van der Waals surface area contributed by atoms with E-state index < -0.39 is 0 Å². The van der Waals surface area contributed by atoms with Crippen LogP contribution in [0.5, 0.6) is 0 Å². The van der Waals surface area contributed by atoms with E-state index in [9.17, 15) is 0 Å². The number of hydrogen-bond acceptors (Lipinski definition) is 2. The normalized spacial score (nSPS) is 15.9. The molecule has 0 aromatic carbocycles. The van der Waals surface area contributed by atoms with Gasteiger partial charge >= 0.3 is 0 Å². The van der Waals surface area contributed by atoms with Gasteiger partial charge in [-0.3, -0.25) is 0 Å². The van der Waals surface area contributed by atoms with Crippen molar-refractivity contribution >= 4 is 17.5 Å². The molecule has 1 aliphatic heterocycles. The summed E-state index contributed by atoms with van der Waals surface area (Å²) in [5.41, 5.74) is 0. The van der Waals surface area contributed by atoms with E-state index in [0.717, 1.165) is 0 Å². The number of hydrogen-bond donors (Lipinski definition) is 1. The first-order valence-corrected chi connectivity index (χ1v) is 2.16. The van der Waals surface area contributed by atoms with E-state index >= 15 is 0 Å². The molecule has 0 bridgehead atoms. The second-order valence-electron chi connectivity index (χ2n) is 1.02. The summed E-state index contributed by atoms with van der Waals surface area (Å²) in [7, 11) is 0. The molecular formula is C4H3ClN2. The number of nitrogens with one attached hydrogen (secondary N) is 1. The smallest absolute Gasteiger partial charge is 0.126 e. The zero-order chi connectivity index (χ0) is 5.11. The van der Waals surface area contributed by atoms with Gasteiger partial charge in [0.2, 0.25) is 0 Å². The Morgan fingerprint density at radius 3 is 3.00 bits per heavy atom. The summed E-state index contributed by atoms with van der Waals surface area (Å²) >= 11 is 5.40. The Hall–Kier alpha value is -0.720. The summed E-state index contributed by atoms with van der Waals surface area (Å²) in [6.07, 6.45) is 3.03. The second kappa shape index (κ2) is 1.82. The van der Waals surface area contributed by atoms with Gasteiger partial charge in [-0.15, -0.1) is 0 Å². The summed E-state index contributed by atoms with van der Waals surface area (Å²) in [6, 6.07) is 0. The molecule has 0 amide bonds. The molecule has 0 saturated heterocycles. The highest BCUT2D eigenvalue weighted by molar-refractivity contribution is 6.29. The molecular weight excluding hydrogens is 112 g/mol. The van der Waals surface area contributed by atoms with E-state index in [4.69, 9.17) is 11.6 Å². The van der Waals surface area contributed by atoms with Crippen molar-refractivity contribution in [1.29, 1.82) is 0 Å². The van der Waals surface area contributed by atoms with Gasteiger partial charge in [0, 0.05) is 5.87 Å². The molecule has 0 atom stereocenters. The van der Waals surface area contributed by atoms with Crippen molar-refractivity contribution in [3.63, 3.8) is 0 Å². The third-order valence-electron chi connectivity index (χ3n) is 0.527. The lowest BCUT2D eigenvalue weighted by atomic mass is 10.8. The molecule has 0 spiro atoms. The van der Waals surface area contributed by atoms with Gasteiger partial charge in [0.1, 0.15) is 5.16 Å². The van der Waals surface area contributed by atoms with Crippen molar-refractivity contribution in [3.05, 3.63) is 17.6 Å². The quantitative estimate of drug-likeness (QED) is 0.463. The fraction of sp³-hybridized carbons (Fsp3) is 0. The fourth-order valence-electron chi connectivity index (χ4n) is 0.270. The van der Waals surface area contributed by atoms with Crippen LogP contribution in [0.4, 0.5) is 0 Å². The third-order valence-corrected chi connectivity index (χ3v) is 0.734. The van der Waals surface area contributed by atoms with E-state index in [0.29, 0.717) is 5.16 Å². The van der Waals surface area contributed by atoms with Crippen LogP contribution in [-0.2, 0) is 0 Å². The van der Waals surface area contributed by atoms with E-state index in [2.05, 4.69) is 16.2 Å². The van der Waals surface area contributed by atoms with Crippen LogP contribution in [0.25, 0.3) is 0 Å². The van der Waals surface area contributed by atoms with Crippen LogP contribution in [-0.4, -0.2) is 5.87 Å². The summed E-state index contributed by atoms with van der Waals surface area (Å²) in [6.45, 7) is 0. The minimum Gasteiger partial charge on any atom is -0.343 e. The largest absolute Gasteiger partial charge is 0.343 e. The number of halogens is 1. The van der Waals surface area contributed by atoms with Crippen molar-refractivity contribution in [2.45, 2.75) is 0 Å². The number of aliphatic imine (C=N–C) groups is 1. The molecule has 2 nitrogen and oxygen atoms in total. The average molecular weight is 115 g/mol. The van der Waals surface area contributed by atoms with Crippen LogP contribution in [0, 0.1) is 0 Å². The van der Waals surface area contributed by atoms with Gasteiger partial charge in [-0.1, -0.05) is 11.6 Å². The van der Waals surface area contributed by atoms with E-state index in [-0.39, 0.29) is 0 Å². The lowest BCUT2D eigenvalue weighted by molar-refractivity contribution is 1.15. The molecule has 1 heterocycles. The Bertz CT molecular complexity index is 153. The molecule has 0 aromatic rings. The minimum absolute atomic E-state index is 0.527. The van der Waals surface area contributed by atoms with Crippen molar-refractivity contribution in [3.8, 4) is 0 Å². The molecule has 3 heteroatoms. The summed E-state index contributed by atoms with van der Waals surface area (Å²) in [5, 5.41) is 3.21. The van der Waals surface area contributed by atoms with Crippen LogP contribution in [0.1, 0.15) is 0 Å². The van der Waals surface area contributed by atoms with E-state index in [1.165, 1.54) is 6.20 Å². The Labute approximate surface area is 46.2 Å². The predicted molar refractivity (Wildman–Crippen MR) is 29.1 cm³/mol. The molecule has 0 aliphatic carbocycles. The lowest BCUT2D eigenvalue weighted by Crippen LogP contribution is -2.00. The van der Waals surface area contributed by atoms with E-state index in [1.807, 2.05) is 0 Å². The highest BCUT2D eigenvalue weighted by Crippen LogP contribution is 1.95. The average Bonchev–Trinajstić information content (AvgIpc) is 1.69. The van der Waals surface area contributed by atoms with Gasteiger partial charge in [-0.25, -0.2) is 4.99 Å². The third kappa shape index (κ3) is 1.07. The van der Waals surface area contributed by atoms with Crippen LogP contribution < -0.4 is 5.32 Å². The Morgan fingerprint density at radius 1 is 1.86 bits per heavy atom. The standard InChI is InChI=1S/C4H3ClN2/c5-4-3-6-1-2-7-4/h2-3,7H. The number of nitrogens with zero attached hydrogens (tertiary/aromatic N) is 1. The van der Waals surface area contributed by atoms with Crippen molar-refractivity contribution in [2.24, 2.45) is 4.99 Å². The van der Waals surface area contributed by atoms with Crippen LogP contribution in [0.15, 0.2) is 22.5 Å². The van der Waals surface area contributed by atoms with Crippen molar-refractivity contribution in [2.75, 3.05) is 0 Å². The van der Waals surface area contributed by atoms with Gasteiger partial charge in [-0.2, -0.15) is 0 Å². The first kappa shape index (κ1) is 4.44. The Morgan fingerprint density at radius 2 is 2.71 bits per heavy atom. The molecule has 36 valence electrons. The first-order valence-electron chi connectivity index (χ1n) is 1.79. The first-order chi connectivity index (χ1) is 3.39. The minimum atomic E-state index is 0.527. The Balaban J connectivity index is 2.77. The SMILES string of the molecule is ClC1=CN=C=CN1. The monoisotopic (exact) mass is 114 g/mol. The molecule has 1 aliphatic rings. The Kier molecular flexibility index (Phi) is 1.16. The maximum atomic E-state index is 5.40. The maximum Gasteiger partial charge on any atom is 0.126 e. The second-order valence-corrected chi connectivity index (χ2v) is 1.43. The lowest BCUT2D eigenvalue weighted by Gasteiger charge is -1.93. The van der Waals surface area contributed by atoms with Crippen molar-refractivity contribution < 1.29 is 0 Å². The van der Waals surface area contributed by atoms with Crippen LogP contribution in [0.3, 0.4) is 0 Å². The predicted octanol–water partition coefficient (Wildman–Crippen LogP) is 0.811. The molecule has 1 N–H and O–H groups in total. The number of rotatable bonds is 0. The zero-order valence-electron chi connectivity index (χ0n) is 3.48. The fourth-order valence-corrected chi connectivity index (χ4v) is 0.373. The van der Waals surface area contributed by atoms with Gasteiger partial charge in [0.05, 0.1) is 12.4 Å². The molecule has 0 radical (unpaired) electrons. The summed E-state index contributed by atoms with van der Waals surface area (Å²) < 4.78 is 0. The van der Waals surface area contributed by atoms with E-state index in [1.54, 1.807) is 6.20 Å². The summed E-state index contributed by atoms with van der Waals surface area (Å²) in [4.78, 5) is 3.60. The van der Waals surface area contributed by atoms with Gasteiger partial charge < -0.3 is 5.32 Å². The molecule has 0 unspecified atom stereocenters. The maximum absolute atomic E-state index is 5.40. The molecule has 0 aromatic heterocycles. The highest BCUT2D eigenvalue weighted by atomic mass is 35.5. The van der Waals surface area contributed by atoms with Gasteiger partial charge in [0.25, 0.3) is 0 Å². The van der Waals surface area contributed by atoms with Crippen molar-refractivity contribution in [1.82, 2.24) is 5.32 Å². The molecule has 1 rings (SSSR count). The molecule has 0 saturated carbocycles. The highest BCUT2D eigenvalue weighted by Gasteiger charge is 1.84. The van der Waals surface area contributed by atoms with Gasteiger partial charge in [-0.05, 0) is 0 Å². The van der Waals surface area contributed by atoms with Crippen LogP contribution in [0.2, 0.25) is 0 Å². The van der Waals surface area contributed by atoms with Gasteiger partial charge in [0.15, 0.2) is 0 Å². The molecule has 7 heavy (non-hydrogen) atoms. The summed E-state index contributed by atoms with van der Waals surface area (Å²) in [5.74, 6) is 2.54.